The van der Waals surface area contributed by atoms with Crippen LogP contribution in [0.2, 0.25) is 10.0 Å². The molecule has 0 atom stereocenters. The van der Waals surface area contributed by atoms with Gasteiger partial charge in [0, 0.05) is 24.7 Å². The molecular formula is C19H20Cl2N2O3. The zero-order valence-corrected chi connectivity index (χ0v) is 15.9. The molecule has 7 heteroatoms. The Hall–Kier alpha value is -2.24. The predicted molar refractivity (Wildman–Crippen MR) is 104 cm³/mol. The van der Waals surface area contributed by atoms with E-state index < -0.39 is 0 Å². The number of ether oxygens (including phenoxy) is 1. The summed E-state index contributed by atoms with van der Waals surface area (Å²) in [5, 5.41) is 6.40. The maximum absolute atomic E-state index is 12.2. The Labute approximate surface area is 162 Å². The average Bonchev–Trinajstić information content (AvgIpc) is 2.62. The Morgan fingerprint density at radius 1 is 1.08 bits per heavy atom. The van der Waals surface area contributed by atoms with E-state index in [1.54, 1.807) is 36.4 Å². The fourth-order valence-corrected chi connectivity index (χ4v) is 2.69. The summed E-state index contributed by atoms with van der Waals surface area (Å²) in [5.74, 6) is 0.161. The van der Waals surface area contributed by atoms with E-state index >= 15 is 0 Å². The van der Waals surface area contributed by atoms with Gasteiger partial charge >= 0.3 is 0 Å². The van der Waals surface area contributed by atoms with Crippen molar-refractivity contribution in [3.05, 3.63) is 58.1 Å². The molecule has 0 unspecified atom stereocenters. The molecule has 2 rings (SSSR count). The van der Waals surface area contributed by atoms with Crippen molar-refractivity contribution in [2.24, 2.45) is 0 Å². The van der Waals surface area contributed by atoms with E-state index in [4.69, 9.17) is 27.9 Å². The molecule has 0 aromatic heterocycles. The molecule has 0 saturated carbocycles. The summed E-state index contributed by atoms with van der Waals surface area (Å²) in [6.07, 6.45) is 0.753. The summed E-state index contributed by atoms with van der Waals surface area (Å²) in [7, 11) is 0. The van der Waals surface area contributed by atoms with Crippen molar-refractivity contribution >= 4 is 40.7 Å². The molecule has 0 aliphatic carbocycles. The maximum atomic E-state index is 12.2. The second kappa shape index (κ2) is 10.0. The summed E-state index contributed by atoms with van der Waals surface area (Å²) >= 11 is 12.1. The Morgan fingerprint density at radius 3 is 2.62 bits per heavy atom. The molecule has 0 fully saturated rings. The first-order chi connectivity index (χ1) is 12.5. The van der Waals surface area contributed by atoms with E-state index in [9.17, 15) is 9.59 Å². The topological polar surface area (TPSA) is 67.4 Å². The lowest BCUT2D eigenvalue weighted by molar-refractivity contribution is -0.123. The summed E-state index contributed by atoms with van der Waals surface area (Å²) in [5.41, 5.74) is 1.42. The van der Waals surface area contributed by atoms with Gasteiger partial charge in [-0.25, -0.2) is 0 Å². The highest BCUT2D eigenvalue weighted by molar-refractivity contribution is 6.42. The SMILES string of the molecule is CCNC(=O)COc1cccc(NC(=O)CCc2cccc(Cl)c2Cl)c1. The maximum Gasteiger partial charge on any atom is 0.257 e. The van der Waals surface area contributed by atoms with E-state index in [1.807, 2.05) is 13.0 Å². The Balaban J connectivity index is 1.87. The van der Waals surface area contributed by atoms with Gasteiger partial charge in [0.05, 0.1) is 10.0 Å². The van der Waals surface area contributed by atoms with E-state index in [0.29, 0.717) is 34.4 Å². The Morgan fingerprint density at radius 2 is 1.85 bits per heavy atom. The number of halogens is 2. The third-order valence-corrected chi connectivity index (χ3v) is 4.37. The number of nitrogens with one attached hydrogen (secondary N) is 2. The number of carbonyl (C=O) groups is 2. The summed E-state index contributed by atoms with van der Waals surface area (Å²) in [6.45, 7) is 2.32. The van der Waals surface area contributed by atoms with Crippen molar-refractivity contribution in [2.45, 2.75) is 19.8 Å². The molecule has 2 aromatic rings. The zero-order valence-electron chi connectivity index (χ0n) is 14.4. The van der Waals surface area contributed by atoms with E-state index in [1.165, 1.54) is 0 Å². The van der Waals surface area contributed by atoms with Crippen LogP contribution in [-0.2, 0) is 16.0 Å². The van der Waals surface area contributed by atoms with Crippen LogP contribution < -0.4 is 15.4 Å². The highest BCUT2D eigenvalue weighted by atomic mass is 35.5. The molecule has 2 aromatic carbocycles. The van der Waals surface area contributed by atoms with E-state index in [-0.39, 0.29) is 24.8 Å². The second-order valence-electron chi connectivity index (χ2n) is 5.53. The van der Waals surface area contributed by atoms with Crippen LogP contribution in [0, 0.1) is 0 Å². The zero-order chi connectivity index (χ0) is 18.9. The molecule has 5 nitrogen and oxygen atoms in total. The lowest BCUT2D eigenvalue weighted by atomic mass is 10.1. The lowest BCUT2D eigenvalue weighted by Crippen LogP contribution is -2.28. The first-order valence-corrected chi connectivity index (χ1v) is 8.97. The van der Waals surface area contributed by atoms with Crippen LogP contribution in [0.1, 0.15) is 18.9 Å². The van der Waals surface area contributed by atoms with Gasteiger partial charge in [-0.15, -0.1) is 0 Å². The summed E-state index contributed by atoms with van der Waals surface area (Å²) < 4.78 is 5.41. The number of rotatable bonds is 8. The van der Waals surface area contributed by atoms with Gasteiger partial charge in [0.2, 0.25) is 5.91 Å². The molecule has 0 bridgehead atoms. The van der Waals surface area contributed by atoms with Crippen LogP contribution in [0.25, 0.3) is 0 Å². The van der Waals surface area contributed by atoms with Gasteiger partial charge in [0.25, 0.3) is 5.91 Å². The molecule has 2 amide bonds. The van der Waals surface area contributed by atoms with E-state index in [0.717, 1.165) is 5.56 Å². The van der Waals surface area contributed by atoms with Gasteiger partial charge < -0.3 is 15.4 Å². The number of hydrogen-bond acceptors (Lipinski definition) is 3. The van der Waals surface area contributed by atoms with Crippen molar-refractivity contribution in [1.82, 2.24) is 5.32 Å². The number of hydrogen-bond donors (Lipinski definition) is 2. The fourth-order valence-electron chi connectivity index (χ4n) is 2.27. The van der Waals surface area contributed by atoms with Crippen molar-refractivity contribution in [1.29, 1.82) is 0 Å². The van der Waals surface area contributed by atoms with Crippen LogP contribution in [0.4, 0.5) is 5.69 Å². The molecular weight excluding hydrogens is 375 g/mol. The lowest BCUT2D eigenvalue weighted by Gasteiger charge is -2.10. The minimum absolute atomic E-state index is 0.0709. The second-order valence-corrected chi connectivity index (χ2v) is 6.32. The number of likely N-dealkylation sites (N-methyl/N-ethyl adjacent to an activating group) is 1. The predicted octanol–water partition coefficient (Wildman–Crippen LogP) is 4.08. The minimum Gasteiger partial charge on any atom is -0.484 e. The number of carbonyl (C=O) groups excluding carboxylic acids is 2. The number of aryl methyl sites for hydroxylation is 1. The number of amides is 2. The molecule has 138 valence electrons. The van der Waals surface area contributed by atoms with Crippen molar-refractivity contribution < 1.29 is 14.3 Å². The monoisotopic (exact) mass is 394 g/mol. The average molecular weight is 395 g/mol. The van der Waals surface area contributed by atoms with Crippen LogP contribution in [0.3, 0.4) is 0 Å². The third kappa shape index (κ3) is 6.24. The number of benzene rings is 2. The molecule has 2 N–H and O–H groups in total. The fraction of sp³-hybridized carbons (Fsp3) is 0.263. The van der Waals surface area contributed by atoms with Gasteiger partial charge in [-0.2, -0.15) is 0 Å². The van der Waals surface area contributed by atoms with Crippen molar-refractivity contribution in [2.75, 3.05) is 18.5 Å². The normalized spacial score (nSPS) is 10.3. The van der Waals surface area contributed by atoms with Gasteiger partial charge in [0.15, 0.2) is 6.61 Å². The molecule has 0 saturated heterocycles. The molecule has 0 radical (unpaired) electrons. The quantitative estimate of drug-likeness (QED) is 0.708. The minimum atomic E-state index is -0.194. The molecule has 0 aliphatic heterocycles. The number of anilines is 1. The van der Waals surface area contributed by atoms with Crippen molar-refractivity contribution in [3.8, 4) is 5.75 Å². The highest BCUT2D eigenvalue weighted by Gasteiger charge is 2.09. The van der Waals surface area contributed by atoms with Gasteiger partial charge in [-0.1, -0.05) is 41.4 Å². The van der Waals surface area contributed by atoms with Crippen LogP contribution in [0.15, 0.2) is 42.5 Å². The summed E-state index contributed by atoms with van der Waals surface area (Å²) in [6, 6.07) is 12.2. The molecule has 26 heavy (non-hydrogen) atoms. The Kier molecular flexibility index (Phi) is 7.75. The molecule has 0 heterocycles. The van der Waals surface area contributed by atoms with Gasteiger partial charge in [-0.05, 0) is 37.1 Å². The standard InChI is InChI=1S/C19H20Cl2N2O3/c1-2-22-18(25)12-26-15-7-4-6-14(11-15)23-17(24)10-9-13-5-3-8-16(20)19(13)21/h3-8,11H,2,9-10,12H2,1H3,(H,22,25)(H,23,24). The van der Waals surface area contributed by atoms with Gasteiger partial charge in [0.1, 0.15) is 5.75 Å². The molecule has 0 aliphatic rings. The van der Waals surface area contributed by atoms with Crippen molar-refractivity contribution in [3.63, 3.8) is 0 Å². The third-order valence-electron chi connectivity index (χ3n) is 3.51. The van der Waals surface area contributed by atoms with Gasteiger partial charge in [-0.3, -0.25) is 9.59 Å². The van der Waals surface area contributed by atoms with Crippen LogP contribution in [0.5, 0.6) is 5.75 Å². The van der Waals surface area contributed by atoms with E-state index in [2.05, 4.69) is 10.6 Å². The van der Waals surface area contributed by atoms with Crippen LogP contribution in [-0.4, -0.2) is 25.0 Å². The first kappa shape index (κ1) is 20.1. The van der Waals surface area contributed by atoms with Crippen LogP contribution >= 0.6 is 23.2 Å². The summed E-state index contributed by atoms with van der Waals surface area (Å²) in [4.78, 5) is 23.6. The first-order valence-electron chi connectivity index (χ1n) is 8.22. The largest absolute Gasteiger partial charge is 0.484 e. The smallest absolute Gasteiger partial charge is 0.257 e. The highest BCUT2D eigenvalue weighted by Crippen LogP contribution is 2.26. The Bertz CT molecular complexity index is 781. The molecule has 0 spiro atoms.